The van der Waals surface area contributed by atoms with Crippen molar-refractivity contribution in [3.63, 3.8) is 0 Å². The normalized spacial score (nSPS) is 29.7. The van der Waals surface area contributed by atoms with E-state index in [0.29, 0.717) is 0 Å². The first-order valence-corrected chi connectivity index (χ1v) is 7.18. The van der Waals surface area contributed by atoms with Gasteiger partial charge in [-0.15, -0.1) is 0 Å². The van der Waals surface area contributed by atoms with Gasteiger partial charge in [0.25, 0.3) is 0 Å². The van der Waals surface area contributed by atoms with Crippen LogP contribution in [0.2, 0.25) is 0 Å². The lowest BCUT2D eigenvalue weighted by molar-refractivity contribution is -0.323. The summed E-state index contributed by atoms with van der Waals surface area (Å²) in [4.78, 5) is 43.7. The van der Waals surface area contributed by atoms with E-state index in [1.807, 2.05) is 0 Å². The van der Waals surface area contributed by atoms with E-state index >= 15 is 0 Å². The minimum Gasteiger partial charge on any atom is -0.550 e. The maximum Gasteiger partial charge on any atom is 0.302 e. The maximum atomic E-state index is 11.0. The van der Waals surface area contributed by atoms with Crippen LogP contribution < -0.4 is 15.3 Å². The second-order valence-corrected chi connectivity index (χ2v) is 5.59. The largest absolute Gasteiger partial charge is 0.550 e. The summed E-state index contributed by atoms with van der Waals surface area (Å²) in [5.74, 6) is -8.69. The molecular weight excluding hydrogens is 328 g/mol. The van der Waals surface area contributed by atoms with Gasteiger partial charge >= 0.3 is 5.97 Å². The van der Waals surface area contributed by atoms with E-state index in [1.165, 1.54) is 0 Å². The van der Waals surface area contributed by atoms with Crippen LogP contribution in [-0.4, -0.2) is 48.0 Å². The molecule has 24 heavy (non-hydrogen) atoms. The molecule has 0 aromatic carbocycles. The maximum absolute atomic E-state index is 11.0. The molecule has 1 heterocycles. The summed E-state index contributed by atoms with van der Waals surface area (Å²) in [6, 6.07) is 0. The quantitative estimate of drug-likeness (QED) is 0.422. The van der Waals surface area contributed by atoms with Gasteiger partial charge in [-0.3, -0.25) is 4.79 Å². The van der Waals surface area contributed by atoms with Crippen molar-refractivity contribution in [2.75, 3.05) is 6.61 Å². The van der Waals surface area contributed by atoms with Gasteiger partial charge in [-0.1, -0.05) is 0 Å². The van der Waals surface area contributed by atoms with E-state index in [2.05, 4.69) is 0 Å². The van der Waals surface area contributed by atoms with Crippen LogP contribution in [0.1, 0.15) is 26.2 Å². The summed E-state index contributed by atoms with van der Waals surface area (Å²) in [5.41, 5.74) is 0. The van der Waals surface area contributed by atoms with Crippen molar-refractivity contribution in [3.05, 3.63) is 0 Å². The van der Waals surface area contributed by atoms with E-state index in [-0.39, 0.29) is 0 Å². The monoisotopic (exact) mass is 345 g/mol. The number of carboxylic acid groups (broad SMARTS) is 3. The molecule has 0 spiro atoms. The molecule has 10 nitrogen and oxygen atoms in total. The molecule has 0 aliphatic carbocycles. The zero-order chi connectivity index (χ0) is 18.4. The minimum atomic E-state index is -1.69. The molecule has 5 atom stereocenters. The van der Waals surface area contributed by atoms with Crippen LogP contribution in [0.3, 0.4) is 0 Å². The summed E-state index contributed by atoms with van der Waals surface area (Å²) in [6.07, 6.45) is -4.93. The summed E-state index contributed by atoms with van der Waals surface area (Å²) in [7, 11) is 0. The molecule has 1 saturated heterocycles. The molecule has 0 saturated carbocycles. The van der Waals surface area contributed by atoms with Gasteiger partial charge in [0.2, 0.25) is 0 Å². The third kappa shape index (κ3) is 5.78. The Kier molecular flexibility index (Phi) is 7.11. The molecule has 1 unspecified atom stereocenters. The number of aliphatic hydroxyl groups is 1. The Morgan fingerprint density at radius 1 is 0.917 bits per heavy atom. The van der Waals surface area contributed by atoms with E-state index in [4.69, 9.17) is 9.47 Å². The third-order valence-electron chi connectivity index (χ3n) is 3.92. The third-order valence-corrected chi connectivity index (χ3v) is 3.92. The van der Waals surface area contributed by atoms with Gasteiger partial charge in [0.1, 0.15) is 6.61 Å². The zero-order valence-electron chi connectivity index (χ0n) is 12.8. The fourth-order valence-electron chi connectivity index (χ4n) is 2.96. The topological polar surface area (TPSA) is 176 Å². The number of ether oxygens (including phenoxy) is 2. The number of carboxylic acids is 3. The lowest BCUT2D eigenvalue weighted by Gasteiger charge is -2.46. The van der Waals surface area contributed by atoms with Crippen molar-refractivity contribution in [3.8, 4) is 0 Å². The van der Waals surface area contributed by atoms with Crippen molar-refractivity contribution in [1.29, 1.82) is 0 Å². The van der Waals surface area contributed by atoms with E-state index in [0.717, 1.165) is 6.92 Å². The second kappa shape index (κ2) is 8.60. The Morgan fingerprint density at radius 3 is 1.83 bits per heavy atom. The Bertz CT molecular complexity index is 502. The van der Waals surface area contributed by atoms with Crippen molar-refractivity contribution in [2.45, 2.75) is 38.6 Å². The Labute approximate surface area is 137 Å². The molecule has 1 rings (SSSR count). The number of aliphatic hydroxyl groups excluding tert-OH is 1. The van der Waals surface area contributed by atoms with Crippen LogP contribution in [0.15, 0.2) is 0 Å². The van der Waals surface area contributed by atoms with E-state index < -0.39 is 79.9 Å². The molecule has 1 fully saturated rings. The molecule has 0 radical (unpaired) electrons. The van der Waals surface area contributed by atoms with Gasteiger partial charge in [-0.05, 0) is 31.1 Å². The van der Waals surface area contributed by atoms with Crippen molar-refractivity contribution in [1.82, 2.24) is 0 Å². The first-order valence-electron chi connectivity index (χ1n) is 7.18. The van der Waals surface area contributed by atoms with Gasteiger partial charge in [0, 0.05) is 30.7 Å². The smallest absolute Gasteiger partial charge is 0.302 e. The predicted molar refractivity (Wildman–Crippen MR) is 66.9 cm³/mol. The molecule has 1 aliphatic heterocycles. The number of carbonyl (C=O) groups excluding carboxylic acids is 4. The first-order chi connectivity index (χ1) is 11.1. The highest BCUT2D eigenvalue weighted by atomic mass is 16.6. The number of aliphatic carboxylic acids is 3. The summed E-state index contributed by atoms with van der Waals surface area (Å²) >= 11 is 0. The van der Waals surface area contributed by atoms with Crippen molar-refractivity contribution < 1.29 is 49.1 Å². The van der Waals surface area contributed by atoms with Crippen LogP contribution in [-0.2, 0) is 28.7 Å². The van der Waals surface area contributed by atoms with Crippen LogP contribution in [0.4, 0.5) is 0 Å². The average Bonchev–Trinajstić information content (AvgIpc) is 2.42. The fourth-order valence-corrected chi connectivity index (χ4v) is 2.96. The molecular formula is C14H17O10-3. The lowest BCUT2D eigenvalue weighted by atomic mass is 9.71. The summed E-state index contributed by atoms with van der Waals surface area (Å²) in [5, 5.41) is 42.7. The highest BCUT2D eigenvalue weighted by molar-refractivity contribution is 5.68. The van der Waals surface area contributed by atoms with Crippen LogP contribution >= 0.6 is 0 Å². The van der Waals surface area contributed by atoms with Crippen LogP contribution in [0, 0.1) is 17.8 Å². The Balaban J connectivity index is 3.11. The van der Waals surface area contributed by atoms with Crippen LogP contribution in [0.5, 0.6) is 0 Å². The molecule has 10 heteroatoms. The van der Waals surface area contributed by atoms with Gasteiger partial charge < -0.3 is 44.3 Å². The number of rotatable bonds is 8. The molecule has 0 amide bonds. The predicted octanol–water partition coefficient (Wildman–Crippen LogP) is -4.46. The molecule has 0 bridgehead atoms. The first kappa shape index (κ1) is 19.8. The number of carbonyl (C=O) groups is 4. The van der Waals surface area contributed by atoms with Gasteiger partial charge in [-0.25, -0.2) is 0 Å². The average molecular weight is 345 g/mol. The number of esters is 1. The van der Waals surface area contributed by atoms with Gasteiger partial charge in [-0.2, -0.15) is 0 Å². The van der Waals surface area contributed by atoms with Crippen molar-refractivity contribution >= 4 is 23.9 Å². The molecule has 136 valence electrons. The minimum absolute atomic E-state index is 0.425. The standard InChI is InChI=1S/C14H20O10/c1-6(15)23-5-10-8(3-12(18)19)7(2-11(16)17)9(4-13(20)21)14(22)24-10/h7-10,14,22H,2-5H2,1H3,(H,16,17)(H,18,19)(H,20,21)/p-3/t7-,8-,9+,10-,14?/m0/s1. The Morgan fingerprint density at radius 2 is 1.38 bits per heavy atom. The molecule has 1 aliphatic rings. The van der Waals surface area contributed by atoms with Crippen molar-refractivity contribution in [2.24, 2.45) is 17.8 Å². The second-order valence-electron chi connectivity index (χ2n) is 5.59. The Hall–Kier alpha value is -2.20. The zero-order valence-corrected chi connectivity index (χ0v) is 12.8. The molecule has 0 aromatic heterocycles. The summed E-state index contributed by atoms with van der Waals surface area (Å²) in [6.45, 7) is 0.677. The summed E-state index contributed by atoms with van der Waals surface area (Å²) < 4.78 is 9.89. The van der Waals surface area contributed by atoms with Crippen LogP contribution in [0.25, 0.3) is 0 Å². The van der Waals surface area contributed by atoms with Gasteiger partial charge in [0.15, 0.2) is 6.29 Å². The molecule has 1 N–H and O–H groups in total. The molecule has 0 aromatic rings. The SMILES string of the molecule is CC(=O)OC[C@@H]1OC(O)[C@H](CC(=O)[O-])[C@@H](CC(=O)[O-])[C@@H]1CC(=O)[O-]. The van der Waals surface area contributed by atoms with Gasteiger partial charge in [0.05, 0.1) is 6.10 Å². The number of hydrogen-bond donors (Lipinski definition) is 1. The fraction of sp³-hybridized carbons (Fsp3) is 0.714. The van der Waals surface area contributed by atoms with E-state index in [1.54, 1.807) is 0 Å². The number of hydrogen-bond acceptors (Lipinski definition) is 10. The van der Waals surface area contributed by atoms with E-state index in [9.17, 15) is 39.6 Å². The lowest BCUT2D eigenvalue weighted by Crippen LogP contribution is -2.53. The highest BCUT2D eigenvalue weighted by Crippen LogP contribution is 2.40. The highest BCUT2D eigenvalue weighted by Gasteiger charge is 2.45.